The molecule has 1 aromatic carbocycles. The molecule has 0 radical (unpaired) electrons. The number of benzene rings is 1. The van der Waals surface area contributed by atoms with E-state index in [2.05, 4.69) is 23.6 Å². The van der Waals surface area contributed by atoms with E-state index >= 15 is 0 Å². The van der Waals surface area contributed by atoms with Crippen LogP contribution in [-0.4, -0.2) is 20.9 Å². The van der Waals surface area contributed by atoms with Crippen molar-refractivity contribution in [3.8, 4) is 0 Å². The molecule has 1 aliphatic heterocycles. The van der Waals surface area contributed by atoms with Crippen LogP contribution in [0.5, 0.6) is 0 Å². The Morgan fingerprint density at radius 2 is 2.07 bits per heavy atom. The van der Waals surface area contributed by atoms with Gasteiger partial charge in [0.15, 0.2) is 5.16 Å². The van der Waals surface area contributed by atoms with Gasteiger partial charge in [-0.05, 0) is 25.8 Å². The zero-order valence-electron chi connectivity index (χ0n) is 15.9. The SMILES string of the molecule is CCCSc1nc2sc3c(c(=O)c2n1Cc1ccccc1)CC(C)(C)OC3. The first-order valence-electron chi connectivity index (χ1n) is 9.34. The molecular weight excluding hydrogens is 376 g/mol. The van der Waals surface area contributed by atoms with Crippen LogP contribution >= 0.6 is 23.1 Å². The van der Waals surface area contributed by atoms with Crippen molar-refractivity contribution in [3.63, 3.8) is 0 Å². The molecule has 3 heterocycles. The Balaban J connectivity index is 1.88. The molecule has 4 nitrogen and oxygen atoms in total. The summed E-state index contributed by atoms with van der Waals surface area (Å²) in [7, 11) is 0. The molecule has 0 atom stereocenters. The first kappa shape index (κ1) is 18.7. The lowest BCUT2D eigenvalue weighted by Gasteiger charge is -2.30. The van der Waals surface area contributed by atoms with Gasteiger partial charge in [-0.2, -0.15) is 0 Å². The topological polar surface area (TPSA) is 44.1 Å². The van der Waals surface area contributed by atoms with Gasteiger partial charge in [0.2, 0.25) is 5.43 Å². The first-order valence-corrected chi connectivity index (χ1v) is 11.1. The van der Waals surface area contributed by atoms with Crippen molar-refractivity contribution >= 4 is 33.4 Å². The van der Waals surface area contributed by atoms with E-state index in [0.717, 1.165) is 38.1 Å². The highest BCUT2D eigenvalue weighted by molar-refractivity contribution is 7.99. The number of thioether (sulfide) groups is 1. The maximum absolute atomic E-state index is 13.4. The lowest BCUT2D eigenvalue weighted by Crippen LogP contribution is -2.35. The Kier molecular flexibility index (Phi) is 5.14. The lowest BCUT2D eigenvalue weighted by atomic mass is 9.95. The molecule has 3 aromatic rings. The van der Waals surface area contributed by atoms with Crippen LogP contribution in [0.4, 0.5) is 0 Å². The minimum atomic E-state index is -0.295. The Morgan fingerprint density at radius 1 is 1.30 bits per heavy atom. The summed E-state index contributed by atoms with van der Waals surface area (Å²) in [5.74, 6) is 0.993. The summed E-state index contributed by atoms with van der Waals surface area (Å²) in [6, 6.07) is 10.3. The van der Waals surface area contributed by atoms with Gasteiger partial charge in [0, 0.05) is 22.6 Å². The molecular formula is C21H24N2O2S2. The minimum absolute atomic E-state index is 0.127. The van der Waals surface area contributed by atoms with Gasteiger partial charge in [0.25, 0.3) is 0 Å². The largest absolute Gasteiger partial charge is 0.370 e. The fourth-order valence-electron chi connectivity index (χ4n) is 3.40. The molecule has 4 rings (SSSR count). The third kappa shape index (κ3) is 3.71. The number of rotatable bonds is 5. The number of nitrogens with zero attached hydrogens (tertiary/aromatic N) is 2. The summed E-state index contributed by atoms with van der Waals surface area (Å²) >= 11 is 3.34. The van der Waals surface area contributed by atoms with Crippen molar-refractivity contribution in [1.29, 1.82) is 0 Å². The van der Waals surface area contributed by atoms with Crippen molar-refractivity contribution < 1.29 is 4.74 Å². The van der Waals surface area contributed by atoms with Gasteiger partial charge in [0.1, 0.15) is 10.3 Å². The maximum atomic E-state index is 13.4. The number of hydrogen-bond donors (Lipinski definition) is 0. The van der Waals surface area contributed by atoms with E-state index in [0.29, 0.717) is 19.6 Å². The zero-order valence-corrected chi connectivity index (χ0v) is 17.6. The quantitative estimate of drug-likeness (QED) is 0.574. The van der Waals surface area contributed by atoms with Gasteiger partial charge in [-0.15, -0.1) is 11.3 Å². The van der Waals surface area contributed by atoms with Crippen molar-refractivity contribution in [1.82, 2.24) is 9.55 Å². The maximum Gasteiger partial charge on any atom is 0.209 e. The molecule has 27 heavy (non-hydrogen) atoms. The molecule has 0 N–H and O–H groups in total. The van der Waals surface area contributed by atoms with Gasteiger partial charge < -0.3 is 9.30 Å². The van der Waals surface area contributed by atoms with Gasteiger partial charge in [-0.25, -0.2) is 4.98 Å². The fourth-order valence-corrected chi connectivity index (χ4v) is 5.38. The van der Waals surface area contributed by atoms with Crippen LogP contribution in [0.25, 0.3) is 10.3 Å². The van der Waals surface area contributed by atoms with E-state index in [1.54, 1.807) is 23.1 Å². The summed E-state index contributed by atoms with van der Waals surface area (Å²) in [6.45, 7) is 7.43. The van der Waals surface area contributed by atoms with Crippen LogP contribution in [-0.2, 0) is 24.3 Å². The molecule has 0 unspecified atom stereocenters. The summed E-state index contributed by atoms with van der Waals surface area (Å²) in [4.78, 5) is 20.1. The normalized spacial score (nSPS) is 15.8. The minimum Gasteiger partial charge on any atom is -0.370 e. The molecule has 1 aliphatic rings. The molecule has 0 spiro atoms. The van der Waals surface area contributed by atoms with Crippen LogP contribution in [0.2, 0.25) is 0 Å². The van der Waals surface area contributed by atoms with Crippen molar-refractivity contribution in [2.24, 2.45) is 0 Å². The summed E-state index contributed by atoms with van der Waals surface area (Å²) in [5.41, 5.74) is 2.67. The highest BCUT2D eigenvalue weighted by atomic mass is 32.2. The Morgan fingerprint density at radius 3 is 2.81 bits per heavy atom. The van der Waals surface area contributed by atoms with Crippen molar-refractivity contribution in [2.75, 3.05) is 5.75 Å². The predicted molar refractivity (Wildman–Crippen MR) is 113 cm³/mol. The van der Waals surface area contributed by atoms with E-state index in [1.165, 1.54) is 5.56 Å². The molecule has 0 saturated heterocycles. The molecule has 0 bridgehead atoms. The van der Waals surface area contributed by atoms with E-state index in [9.17, 15) is 4.79 Å². The van der Waals surface area contributed by atoms with E-state index < -0.39 is 0 Å². The third-order valence-electron chi connectivity index (χ3n) is 4.76. The van der Waals surface area contributed by atoms with Gasteiger partial charge in [-0.1, -0.05) is 49.0 Å². The smallest absolute Gasteiger partial charge is 0.209 e. The zero-order chi connectivity index (χ0) is 19.0. The summed E-state index contributed by atoms with van der Waals surface area (Å²) in [6.07, 6.45) is 1.73. The highest BCUT2D eigenvalue weighted by Gasteiger charge is 2.30. The summed E-state index contributed by atoms with van der Waals surface area (Å²) in [5, 5.41) is 0.937. The van der Waals surface area contributed by atoms with E-state index in [1.807, 2.05) is 32.0 Å². The first-order chi connectivity index (χ1) is 13.0. The number of aromatic nitrogens is 2. The number of fused-ring (bicyclic) bond motifs is 2. The second-order valence-corrected chi connectivity index (χ2v) is 9.67. The Labute approximate surface area is 167 Å². The fraction of sp³-hybridized carbons (Fsp3) is 0.429. The van der Waals surface area contributed by atoms with Gasteiger partial charge >= 0.3 is 0 Å². The second kappa shape index (κ2) is 7.41. The van der Waals surface area contributed by atoms with E-state index in [4.69, 9.17) is 9.72 Å². The van der Waals surface area contributed by atoms with Crippen LogP contribution in [0.15, 0.2) is 40.3 Å². The standard InChI is InChI=1S/C21H24N2O2S2/c1-4-10-26-20-22-19-17(23(20)12-14-8-6-5-7-9-14)18(24)15-11-21(2,3)25-13-16(15)27-19/h5-9H,4,10-13H2,1-3H3. The van der Waals surface area contributed by atoms with Crippen LogP contribution in [0.3, 0.4) is 0 Å². The Hall–Kier alpha value is -1.63. The van der Waals surface area contributed by atoms with Gasteiger partial charge in [-0.3, -0.25) is 4.79 Å². The highest BCUT2D eigenvalue weighted by Crippen LogP contribution is 2.33. The molecule has 0 fully saturated rings. The Bertz CT molecular complexity index is 1020. The van der Waals surface area contributed by atoms with Crippen LogP contribution in [0, 0.1) is 0 Å². The predicted octanol–water partition coefficient (Wildman–Crippen LogP) is 4.86. The molecule has 6 heteroatoms. The summed E-state index contributed by atoms with van der Waals surface area (Å²) < 4.78 is 8.04. The molecule has 142 valence electrons. The molecule has 0 aliphatic carbocycles. The number of ether oxygens (including phenoxy) is 1. The second-order valence-electron chi connectivity index (χ2n) is 7.53. The lowest BCUT2D eigenvalue weighted by molar-refractivity contribution is -0.0386. The number of hydrogen-bond acceptors (Lipinski definition) is 5. The molecule has 0 saturated carbocycles. The van der Waals surface area contributed by atoms with Crippen molar-refractivity contribution in [2.45, 2.75) is 57.5 Å². The monoisotopic (exact) mass is 400 g/mol. The van der Waals surface area contributed by atoms with Crippen LogP contribution in [0.1, 0.15) is 43.2 Å². The van der Waals surface area contributed by atoms with Crippen LogP contribution < -0.4 is 5.43 Å². The average Bonchev–Trinajstić information content (AvgIpc) is 2.99. The van der Waals surface area contributed by atoms with Gasteiger partial charge in [0.05, 0.1) is 18.8 Å². The van der Waals surface area contributed by atoms with E-state index in [-0.39, 0.29) is 11.0 Å². The molecule has 0 amide bonds. The average molecular weight is 401 g/mol. The van der Waals surface area contributed by atoms with Crippen molar-refractivity contribution in [3.05, 3.63) is 56.6 Å². The third-order valence-corrected chi connectivity index (χ3v) is 7.03. The number of imidazole rings is 1. The molecule has 2 aromatic heterocycles.